The van der Waals surface area contributed by atoms with Crippen molar-refractivity contribution in [1.29, 1.82) is 0 Å². The lowest BCUT2D eigenvalue weighted by Gasteiger charge is -2.08. The Morgan fingerprint density at radius 1 is 1.56 bits per heavy atom. The van der Waals surface area contributed by atoms with E-state index < -0.39 is 0 Å². The smallest absolute Gasteiger partial charge is 0.220 e. The molecule has 0 radical (unpaired) electrons. The van der Waals surface area contributed by atoms with Crippen molar-refractivity contribution in [2.45, 2.75) is 25.4 Å². The number of carbonyl (C=O) groups excluding carboxylic acids is 1. The lowest BCUT2D eigenvalue weighted by molar-refractivity contribution is -0.118. The third-order valence-corrected chi connectivity index (χ3v) is 2.78. The van der Waals surface area contributed by atoms with Gasteiger partial charge < -0.3 is 15.6 Å². The molecule has 4 heteroatoms. The third-order valence-electron chi connectivity index (χ3n) is 2.78. The number of hydrogen-bond acceptors (Lipinski definition) is 3. The molecule has 86 valence electrons. The second kappa shape index (κ2) is 4.53. The van der Waals surface area contributed by atoms with Gasteiger partial charge in [0.1, 0.15) is 5.75 Å². The molecule has 1 atom stereocenters. The fourth-order valence-corrected chi connectivity index (χ4v) is 1.93. The minimum absolute atomic E-state index is 0.222. The molecule has 0 aliphatic heterocycles. The Bertz CT molecular complexity index is 403. The van der Waals surface area contributed by atoms with E-state index in [0.717, 1.165) is 29.7 Å². The van der Waals surface area contributed by atoms with Crippen molar-refractivity contribution in [3.8, 4) is 5.75 Å². The zero-order valence-corrected chi connectivity index (χ0v) is 8.98. The van der Waals surface area contributed by atoms with Gasteiger partial charge in [-0.3, -0.25) is 4.79 Å². The van der Waals surface area contributed by atoms with E-state index in [0.29, 0.717) is 6.61 Å². The molecule has 0 saturated heterocycles. The number of carbonyl (C=O) groups is 1. The van der Waals surface area contributed by atoms with Gasteiger partial charge in [-0.25, -0.2) is 0 Å². The summed E-state index contributed by atoms with van der Waals surface area (Å²) in [5, 5.41) is 9.62. The Kier molecular flexibility index (Phi) is 3.10. The highest BCUT2D eigenvalue weighted by Gasteiger charge is 2.20. The van der Waals surface area contributed by atoms with E-state index in [2.05, 4.69) is 0 Å². The maximum Gasteiger partial charge on any atom is 0.220 e. The van der Waals surface area contributed by atoms with E-state index in [1.807, 2.05) is 18.2 Å². The molecule has 0 spiro atoms. The van der Waals surface area contributed by atoms with Crippen LogP contribution in [-0.2, 0) is 11.2 Å². The van der Waals surface area contributed by atoms with E-state index in [1.165, 1.54) is 0 Å². The summed E-state index contributed by atoms with van der Waals surface area (Å²) in [5.41, 5.74) is 7.13. The average Bonchev–Trinajstić information content (AvgIpc) is 2.60. The van der Waals surface area contributed by atoms with Gasteiger partial charge in [-0.1, -0.05) is 6.07 Å². The van der Waals surface area contributed by atoms with Gasteiger partial charge in [0, 0.05) is 0 Å². The number of amides is 1. The molecular weight excluding hydrogens is 206 g/mol. The molecule has 0 heterocycles. The second-order valence-electron chi connectivity index (χ2n) is 3.98. The van der Waals surface area contributed by atoms with Gasteiger partial charge in [-0.15, -0.1) is 0 Å². The SMILES string of the molecule is NC(=O)CCOc1ccc2c(c1)CCC2O. The quantitative estimate of drug-likeness (QED) is 0.794. The molecule has 0 bridgehead atoms. The summed E-state index contributed by atoms with van der Waals surface area (Å²) >= 11 is 0. The van der Waals surface area contributed by atoms with Gasteiger partial charge in [-0.05, 0) is 36.1 Å². The minimum atomic E-state index is -0.364. The van der Waals surface area contributed by atoms with E-state index in [9.17, 15) is 9.90 Å². The highest BCUT2D eigenvalue weighted by Crippen LogP contribution is 2.33. The second-order valence-corrected chi connectivity index (χ2v) is 3.98. The van der Waals surface area contributed by atoms with Crippen LogP contribution in [0.4, 0.5) is 0 Å². The minimum Gasteiger partial charge on any atom is -0.493 e. The Morgan fingerprint density at radius 3 is 3.12 bits per heavy atom. The lowest BCUT2D eigenvalue weighted by atomic mass is 10.1. The van der Waals surface area contributed by atoms with Crippen LogP contribution in [0.15, 0.2) is 18.2 Å². The van der Waals surface area contributed by atoms with Gasteiger partial charge in [0.05, 0.1) is 19.1 Å². The van der Waals surface area contributed by atoms with Crippen LogP contribution in [0.25, 0.3) is 0 Å². The summed E-state index contributed by atoms with van der Waals surface area (Å²) < 4.78 is 5.39. The Hall–Kier alpha value is -1.55. The summed E-state index contributed by atoms with van der Waals surface area (Å²) in [6, 6.07) is 5.62. The molecular formula is C12H15NO3. The van der Waals surface area contributed by atoms with Crippen LogP contribution in [0.2, 0.25) is 0 Å². The van der Waals surface area contributed by atoms with E-state index in [-0.39, 0.29) is 18.4 Å². The van der Waals surface area contributed by atoms with Crippen molar-refractivity contribution in [3.63, 3.8) is 0 Å². The number of aliphatic hydroxyl groups excluding tert-OH is 1. The van der Waals surface area contributed by atoms with Crippen molar-refractivity contribution < 1.29 is 14.6 Å². The molecule has 0 saturated carbocycles. The van der Waals surface area contributed by atoms with Gasteiger partial charge in [-0.2, -0.15) is 0 Å². The molecule has 4 nitrogen and oxygen atoms in total. The number of aliphatic hydroxyl groups is 1. The van der Waals surface area contributed by atoms with Gasteiger partial charge >= 0.3 is 0 Å². The van der Waals surface area contributed by atoms with Gasteiger partial charge in [0.25, 0.3) is 0 Å². The van der Waals surface area contributed by atoms with Crippen LogP contribution >= 0.6 is 0 Å². The molecule has 0 fully saturated rings. The lowest BCUT2D eigenvalue weighted by Crippen LogP contribution is -2.14. The van der Waals surface area contributed by atoms with Crippen LogP contribution in [0.5, 0.6) is 5.75 Å². The Morgan fingerprint density at radius 2 is 2.38 bits per heavy atom. The summed E-state index contributed by atoms with van der Waals surface area (Å²) in [7, 11) is 0. The fourth-order valence-electron chi connectivity index (χ4n) is 1.93. The van der Waals surface area contributed by atoms with Crippen LogP contribution in [0, 0.1) is 0 Å². The Balaban J connectivity index is 1.99. The molecule has 2 rings (SSSR count). The van der Waals surface area contributed by atoms with Gasteiger partial charge in [0.2, 0.25) is 5.91 Å². The first-order valence-electron chi connectivity index (χ1n) is 5.39. The number of rotatable bonds is 4. The number of fused-ring (bicyclic) bond motifs is 1. The molecule has 1 aromatic rings. The Labute approximate surface area is 94.0 Å². The number of ether oxygens (including phenoxy) is 1. The molecule has 1 aliphatic rings. The largest absolute Gasteiger partial charge is 0.493 e. The summed E-state index contributed by atoms with van der Waals surface area (Å²) in [6.07, 6.45) is 1.54. The highest BCUT2D eigenvalue weighted by atomic mass is 16.5. The summed E-state index contributed by atoms with van der Waals surface area (Å²) in [5.74, 6) is 0.366. The molecule has 0 aromatic heterocycles. The van der Waals surface area contributed by atoms with E-state index in [1.54, 1.807) is 0 Å². The van der Waals surface area contributed by atoms with Gasteiger partial charge in [0.15, 0.2) is 0 Å². The number of primary amides is 1. The summed E-state index contributed by atoms with van der Waals surface area (Å²) in [4.78, 5) is 10.5. The monoisotopic (exact) mass is 221 g/mol. The standard InChI is InChI=1S/C12H15NO3/c13-12(15)5-6-16-9-2-3-10-8(7-9)1-4-11(10)14/h2-3,7,11,14H,1,4-6H2,(H2,13,15). The number of benzene rings is 1. The normalized spacial score (nSPS) is 18.2. The number of aryl methyl sites for hydroxylation is 1. The number of hydrogen-bond donors (Lipinski definition) is 2. The first-order valence-corrected chi connectivity index (χ1v) is 5.39. The molecule has 1 unspecified atom stereocenters. The van der Waals surface area contributed by atoms with Crippen molar-refractivity contribution >= 4 is 5.91 Å². The number of nitrogens with two attached hydrogens (primary N) is 1. The zero-order chi connectivity index (χ0) is 11.5. The van der Waals surface area contributed by atoms with Crippen molar-refractivity contribution in [2.24, 2.45) is 5.73 Å². The summed E-state index contributed by atoms with van der Waals surface area (Å²) in [6.45, 7) is 0.302. The molecule has 1 amide bonds. The molecule has 1 aromatic carbocycles. The zero-order valence-electron chi connectivity index (χ0n) is 8.98. The van der Waals surface area contributed by atoms with Crippen molar-refractivity contribution in [1.82, 2.24) is 0 Å². The topological polar surface area (TPSA) is 72.6 Å². The predicted molar refractivity (Wildman–Crippen MR) is 59.0 cm³/mol. The van der Waals surface area contributed by atoms with Crippen molar-refractivity contribution in [3.05, 3.63) is 29.3 Å². The molecule has 16 heavy (non-hydrogen) atoms. The van der Waals surface area contributed by atoms with Crippen molar-refractivity contribution in [2.75, 3.05) is 6.61 Å². The third kappa shape index (κ3) is 2.33. The van der Waals surface area contributed by atoms with Crippen LogP contribution in [0.3, 0.4) is 0 Å². The van der Waals surface area contributed by atoms with Crippen LogP contribution in [0.1, 0.15) is 30.1 Å². The fraction of sp³-hybridized carbons (Fsp3) is 0.417. The van der Waals surface area contributed by atoms with Crippen LogP contribution in [-0.4, -0.2) is 17.6 Å². The average molecular weight is 221 g/mol. The maximum atomic E-state index is 10.5. The first-order chi connectivity index (χ1) is 7.66. The van der Waals surface area contributed by atoms with Crippen LogP contribution < -0.4 is 10.5 Å². The predicted octanol–water partition coefficient (Wildman–Crippen LogP) is 0.920. The maximum absolute atomic E-state index is 10.5. The molecule has 3 N–H and O–H groups in total. The first kappa shape index (κ1) is 11.0. The molecule has 1 aliphatic carbocycles. The highest BCUT2D eigenvalue weighted by molar-refractivity contribution is 5.73. The van der Waals surface area contributed by atoms with E-state index in [4.69, 9.17) is 10.5 Å². The van der Waals surface area contributed by atoms with E-state index >= 15 is 0 Å².